The molecule has 294 valence electrons. The zero-order valence-corrected chi connectivity index (χ0v) is 34.5. The first-order chi connectivity index (χ1) is 28.3. The number of amides is 4. The summed E-state index contributed by atoms with van der Waals surface area (Å²) in [7, 11) is -1.75. The Morgan fingerprint density at radius 2 is 0.707 bits per heavy atom. The Labute approximate surface area is 343 Å². The molecule has 0 saturated heterocycles. The molecule has 4 N–H and O–H groups in total. The van der Waals surface area contributed by atoms with E-state index in [0.717, 1.165) is 10.6 Å². The normalized spacial score (nSPS) is 12.0. The molecule has 4 amide bonds. The molecule has 2 atom stereocenters. The Balaban J connectivity index is 0.932. The molecule has 0 unspecified atom stereocenters. The van der Waals surface area contributed by atoms with Crippen LogP contribution in [0.15, 0.2) is 170 Å². The van der Waals surface area contributed by atoms with Crippen LogP contribution < -0.4 is 53.1 Å². The zero-order valence-electron chi connectivity index (χ0n) is 32.7. The highest BCUT2D eigenvalue weighted by molar-refractivity contribution is 7.80. The SMILES string of the molecule is C[C@H](NC(=O)c1cccc(P(c2ccccc2)c2ccccc2)c1)C(=O)NCCCCNC(=O)[C@H](C)NC(=O)c1cccc(P(c2ccccc2)c2ccccc2)c1. The van der Waals surface area contributed by atoms with E-state index in [9.17, 15) is 19.2 Å². The Morgan fingerprint density at radius 1 is 0.414 bits per heavy atom. The van der Waals surface area contributed by atoms with Crippen molar-refractivity contribution in [1.29, 1.82) is 0 Å². The number of hydrogen-bond donors (Lipinski definition) is 4. The molecule has 0 saturated carbocycles. The van der Waals surface area contributed by atoms with Crippen LogP contribution in [0.5, 0.6) is 0 Å². The molecule has 0 heterocycles. The summed E-state index contributed by atoms with van der Waals surface area (Å²) in [5, 5.41) is 18.3. The topological polar surface area (TPSA) is 116 Å². The fraction of sp³-hybridized carbons (Fsp3) is 0.167. The average Bonchev–Trinajstić information content (AvgIpc) is 3.26. The third-order valence-electron chi connectivity index (χ3n) is 9.47. The van der Waals surface area contributed by atoms with Crippen LogP contribution in [0.3, 0.4) is 0 Å². The van der Waals surface area contributed by atoms with Crippen LogP contribution in [0, 0.1) is 0 Å². The predicted octanol–water partition coefficient (Wildman–Crippen LogP) is 5.15. The van der Waals surface area contributed by atoms with Gasteiger partial charge in [0.2, 0.25) is 11.8 Å². The summed E-state index contributed by atoms with van der Waals surface area (Å²) in [6.45, 7) is 4.10. The largest absolute Gasteiger partial charge is 0.354 e. The van der Waals surface area contributed by atoms with Crippen LogP contribution in [-0.2, 0) is 9.59 Å². The first-order valence-corrected chi connectivity index (χ1v) is 22.1. The average molecular weight is 807 g/mol. The van der Waals surface area contributed by atoms with Gasteiger partial charge in [0, 0.05) is 24.2 Å². The summed E-state index contributed by atoms with van der Waals surface area (Å²) in [6, 6.07) is 54.9. The fourth-order valence-corrected chi connectivity index (χ4v) is 11.1. The van der Waals surface area contributed by atoms with Gasteiger partial charge in [0.1, 0.15) is 12.1 Å². The minimum atomic E-state index is -0.876. The van der Waals surface area contributed by atoms with Gasteiger partial charge in [0.15, 0.2) is 0 Å². The van der Waals surface area contributed by atoms with E-state index in [1.54, 1.807) is 26.0 Å². The van der Waals surface area contributed by atoms with Gasteiger partial charge in [-0.15, -0.1) is 0 Å². The molecule has 0 aliphatic carbocycles. The quantitative estimate of drug-likeness (QED) is 0.0755. The summed E-state index contributed by atoms with van der Waals surface area (Å²) in [5.41, 5.74) is 0.985. The number of benzene rings is 6. The Kier molecular flexibility index (Phi) is 15.1. The van der Waals surface area contributed by atoms with Gasteiger partial charge >= 0.3 is 0 Å². The van der Waals surface area contributed by atoms with E-state index in [2.05, 4.69) is 69.8 Å². The maximum absolute atomic E-state index is 13.3. The highest BCUT2D eigenvalue weighted by Crippen LogP contribution is 2.34. The van der Waals surface area contributed by atoms with E-state index >= 15 is 0 Å². The lowest BCUT2D eigenvalue weighted by Crippen LogP contribution is -2.45. The number of carbonyl (C=O) groups is 4. The predicted molar refractivity (Wildman–Crippen MR) is 239 cm³/mol. The van der Waals surface area contributed by atoms with Gasteiger partial charge in [-0.3, -0.25) is 19.2 Å². The summed E-state index contributed by atoms with van der Waals surface area (Å²) < 4.78 is 0. The van der Waals surface area contributed by atoms with Crippen LogP contribution in [0.25, 0.3) is 0 Å². The van der Waals surface area contributed by atoms with E-state index < -0.39 is 27.9 Å². The third-order valence-corrected chi connectivity index (χ3v) is 14.3. The lowest BCUT2D eigenvalue weighted by atomic mass is 10.2. The van der Waals surface area contributed by atoms with Crippen molar-refractivity contribution in [2.75, 3.05) is 13.1 Å². The molecule has 8 nitrogen and oxygen atoms in total. The summed E-state index contributed by atoms with van der Waals surface area (Å²) in [6.07, 6.45) is 1.24. The number of nitrogens with one attached hydrogen (secondary N) is 4. The van der Waals surface area contributed by atoms with Gasteiger partial charge in [-0.25, -0.2) is 0 Å². The van der Waals surface area contributed by atoms with E-state index in [1.807, 2.05) is 109 Å². The number of unbranched alkanes of at least 4 members (excludes halogenated alkanes) is 1. The molecule has 6 rings (SSSR count). The van der Waals surface area contributed by atoms with Crippen molar-refractivity contribution >= 4 is 71.3 Å². The Hall–Kier alpha value is -5.94. The van der Waals surface area contributed by atoms with Gasteiger partial charge < -0.3 is 21.3 Å². The minimum Gasteiger partial charge on any atom is -0.354 e. The number of rotatable bonds is 17. The van der Waals surface area contributed by atoms with Crippen molar-refractivity contribution < 1.29 is 19.2 Å². The second-order valence-electron chi connectivity index (χ2n) is 13.8. The molecule has 0 aromatic heterocycles. The molecule has 0 bridgehead atoms. The Bertz CT molecular complexity index is 2040. The molecule has 0 aliphatic rings. The fourth-order valence-electron chi connectivity index (χ4n) is 6.45. The van der Waals surface area contributed by atoms with Gasteiger partial charge in [-0.05, 0) is 98.6 Å². The van der Waals surface area contributed by atoms with E-state index in [0.29, 0.717) is 37.1 Å². The van der Waals surface area contributed by atoms with Crippen molar-refractivity contribution in [1.82, 2.24) is 21.3 Å². The van der Waals surface area contributed by atoms with Gasteiger partial charge in [0.05, 0.1) is 0 Å². The van der Waals surface area contributed by atoms with E-state index in [1.165, 1.54) is 21.2 Å². The van der Waals surface area contributed by atoms with Crippen molar-refractivity contribution in [2.24, 2.45) is 0 Å². The second-order valence-corrected chi connectivity index (χ2v) is 18.2. The van der Waals surface area contributed by atoms with Gasteiger partial charge in [-0.1, -0.05) is 146 Å². The Morgan fingerprint density at radius 3 is 1.02 bits per heavy atom. The van der Waals surface area contributed by atoms with Crippen LogP contribution in [0.1, 0.15) is 47.4 Å². The summed E-state index contributed by atoms with van der Waals surface area (Å²) in [5.74, 6) is -1.21. The molecule has 0 fully saturated rings. The highest BCUT2D eigenvalue weighted by Gasteiger charge is 2.22. The van der Waals surface area contributed by atoms with Crippen LogP contribution in [0.2, 0.25) is 0 Å². The molecule has 0 aliphatic heterocycles. The summed E-state index contributed by atoms with van der Waals surface area (Å²) in [4.78, 5) is 52.3. The van der Waals surface area contributed by atoms with Crippen molar-refractivity contribution in [3.05, 3.63) is 181 Å². The first-order valence-electron chi connectivity index (χ1n) is 19.5. The molecular weight excluding hydrogens is 758 g/mol. The van der Waals surface area contributed by atoms with Crippen molar-refractivity contribution in [3.63, 3.8) is 0 Å². The minimum absolute atomic E-state index is 0.287. The number of carbonyl (C=O) groups excluding carboxylic acids is 4. The number of hydrogen-bond acceptors (Lipinski definition) is 4. The highest BCUT2D eigenvalue weighted by atomic mass is 31.1. The molecule has 58 heavy (non-hydrogen) atoms. The van der Waals surface area contributed by atoms with E-state index in [4.69, 9.17) is 0 Å². The van der Waals surface area contributed by atoms with Gasteiger partial charge in [0.25, 0.3) is 11.8 Å². The van der Waals surface area contributed by atoms with Crippen LogP contribution in [-0.4, -0.2) is 48.8 Å². The lowest BCUT2D eigenvalue weighted by Gasteiger charge is -2.20. The molecule has 10 heteroatoms. The summed E-state index contributed by atoms with van der Waals surface area (Å²) >= 11 is 0. The van der Waals surface area contributed by atoms with Crippen molar-refractivity contribution in [3.8, 4) is 0 Å². The molecular formula is C48H48N4O4P2. The molecule has 6 aromatic carbocycles. The zero-order chi connectivity index (χ0) is 40.7. The maximum atomic E-state index is 13.3. The van der Waals surface area contributed by atoms with Gasteiger partial charge in [-0.2, -0.15) is 0 Å². The van der Waals surface area contributed by atoms with Crippen LogP contribution >= 0.6 is 15.8 Å². The van der Waals surface area contributed by atoms with Crippen LogP contribution in [0.4, 0.5) is 0 Å². The monoisotopic (exact) mass is 806 g/mol. The first kappa shape index (κ1) is 41.7. The maximum Gasteiger partial charge on any atom is 0.251 e. The second kappa shape index (κ2) is 21.0. The van der Waals surface area contributed by atoms with Crippen molar-refractivity contribution in [2.45, 2.75) is 38.8 Å². The standard InChI is InChI=1S/C48H48N4O4P2/c1-35(51-47(55)37-19-17-29-43(33-37)57(39-21-7-3-8-22-39)40-23-9-4-10-24-40)45(53)49-31-15-16-32-50-46(54)36(2)52-48(56)38-20-18-30-44(34-38)58(41-25-11-5-12-26-41)42-27-13-6-14-28-42/h3-14,17-30,33-36H,15-16,31-32H2,1-2H3,(H,49,53)(H,50,54)(H,51,55)(H,52,56)/t35-,36-/m0/s1. The molecule has 6 aromatic rings. The molecule has 0 spiro atoms. The smallest absolute Gasteiger partial charge is 0.251 e. The lowest BCUT2D eigenvalue weighted by molar-refractivity contribution is -0.123. The van der Waals surface area contributed by atoms with E-state index in [-0.39, 0.29) is 23.6 Å². The molecule has 0 radical (unpaired) electrons. The third kappa shape index (κ3) is 11.3.